The van der Waals surface area contributed by atoms with E-state index >= 15 is 0 Å². The van der Waals surface area contributed by atoms with E-state index in [2.05, 4.69) is 0 Å². The molecule has 0 spiro atoms. The number of nitrogens with two attached hydrogens (primary N) is 1. The van der Waals surface area contributed by atoms with Crippen LogP contribution in [0.25, 0.3) is 0 Å². The molecule has 0 aliphatic carbocycles. The lowest BCUT2D eigenvalue weighted by Crippen LogP contribution is -2.54. The van der Waals surface area contributed by atoms with Crippen molar-refractivity contribution in [1.82, 2.24) is 4.31 Å². The minimum absolute atomic E-state index is 0.0576. The largest absolute Gasteiger partial charge is 0.329 e. The van der Waals surface area contributed by atoms with Gasteiger partial charge >= 0.3 is 10.2 Å². The summed E-state index contributed by atoms with van der Waals surface area (Å²) >= 11 is 0. The van der Waals surface area contributed by atoms with Crippen molar-refractivity contribution in [3.05, 3.63) is 29.8 Å². The fourth-order valence-electron chi connectivity index (χ4n) is 3.38. The highest BCUT2D eigenvalue weighted by Crippen LogP contribution is 2.32. The van der Waals surface area contributed by atoms with Crippen LogP contribution >= 0.6 is 0 Å². The van der Waals surface area contributed by atoms with Gasteiger partial charge in [0.05, 0.1) is 5.69 Å². The smallest absolute Gasteiger partial charge is 0.304 e. The molecule has 2 aliphatic rings. The van der Waals surface area contributed by atoms with E-state index in [1.807, 2.05) is 24.3 Å². The predicted molar refractivity (Wildman–Crippen MR) is 84.4 cm³/mol. The highest BCUT2D eigenvalue weighted by atomic mass is 32.2. The molecule has 0 radical (unpaired) electrons. The van der Waals surface area contributed by atoms with E-state index in [9.17, 15) is 8.42 Å². The van der Waals surface area contributed by atoms with Gasteiger partial charge in [0.15, 0.2) is 0 Å². The third-order valence-electron chi connectivity index (χ3n) is 4.49. The number of fused-ring (bicyclic) bond motifs is 1. The second kappa shape index (κ2) is 5.94. The summed E-state index contributed by atoms with van der Waals surface area (Å²) in [7, 11) is -3.47. The Morgan fingerprint density at radius 3 is 2.76 bits per heavy atom. The van der Waals surface area contributed by atoms with Crippen LogP contribution in [0.4, 0.5) is 5.69 Å². The van der Waals surface area contributed by atoms with Gasteiger partial charge in [-0.1, -0.05) is 24.6 Å². The number of aryl methyl sites for hydroxylation is 1. The molecule has 2 aliphatic heterocycles. The van der Waals surface area contributed by atoms with Gasteiger partial charge in [-0.2, -0.15) is 12.7 Å². The molecule has 1 aromatic rings. The second-order valence-corrected chi connectivity index (χ2v) is 7.61. The standard InChI is InChI=1S/C15H23N3O2S/c16-12-14-8-3-4-10-17(14)21(19,20)18-11-5-7-13-6-1-2-9-15(13)18/h1-2,6,9,14H,3-5,7-8,10-12,16H2. The van der Waals surface area contributed by atoms with Gasteiger partial charge in [-0.05, 0) is 37.3 Å². The maximum Gasteiger partial charge on any atom is 0.304 e. The minimum Gasteiger partial charge on any atom is -0.329 e. The molecule has 6 heteroatoms. The van der Waals surface area contributed by atoms with Crippen molar-refractivity contribution >= 4 is 15.9 Å². The summed E-state index contributed by atoms with van der Waals surface area (Å²) in [5.41, 5.74) is 7.75. The normalized spacial score (nSPS) is 23.9. The van der Waals surface area contributed by atoms with Crippen molar-refractivity contribution in [2.45, 2.75) is 38.1 Å². The first kappa shape index (κ1) is 14.8. The van der Waals surface area contributed by atoms with Crippen molar-refractivity contribution in [2.24, 2.45) is 5.73 Å². The van der Waals surface area contributed by atoms with E-state index in [4.69, 9.17) is 5.73 Å². The first-order valence-corrected chi connectivity index (χ1v) is 9.12. The van der Waals surface area contributed by atoms with E-state index in [-0.39, 0.29) is 6.04 Å². The number of anilines is 1. The topological polar surface area (TPSA) is 66.6 Å². The van der Waals surface area contributed by atoms with E-state index in [0.717, 1.165) is 43.4 Å². The Morgan fingerprint density at radius 2 is 1.95 bits per heavy atom. The van der Waals surface area contributed by atoms with Crippen molar-refractivity contribution < 1.29 is 8.42 Å². The van der Waals surface area contributed by atoms with Crippen LogP contribution in [0.3, 0.4) is 0 Å². The Kier molecular flexibility index (Phi) is 4.19. The van der Waals surface area contributed by atoms with Gasteiger partial charge in [0.25, 0.3) is 0 Å². The molecule has 3 rings (SSSR count). The van der Waals surface area contributed by atoms with Gasteiger partial charge in [0.1, 0.15) is 0 Å². The average molecular weight is 309 g/mol. The SMILES string of the molecule is NCC1CCCCN1S(=O)(=O)N1CCCc2ccccc21. The Labute approximate surface area is 126 Å². The third kappa shape index (κ3) is 2.67. The summed E-state index contributed by atoms with van der Waals surface area (Å²) < 4.78 is 29.3. The summed E-state index contributed by atoms with van der Waals surface area (Å²) in [6.07, 6.45) is 4.67. The molecule has 0 amide bonds. The lowest BCUT2D eigenvalue weighted by Gasteiger charge is -2.40. The van der Waals surface area contributed by atoms with Crippen LogP contribution in [0.15, 0.2) is 24.3 Å². The molecule has 0 saturated carbocycles. The zero-order chi connectivity index (χ0) is 14.9. The van der Waals surface area contributed by atoms with E-state index in [1.54, 1.807) is 8.61 Å². The minimum atomic E-state index is -3.47. The summed E-state index contributed by atoms with van der Waals surface area (Å²) in [5, 5.41) is 0. The van der Waals surface area contributed by atoms with Gasteiger partial charge in [-0.3, -0.25) is 4.31 Å². The second-order valence-electron chi connectivity index (χ2n) is 5.81. The van der Waals surface area contributed by atoms with Crippen LogP contribution < -0.4 is 10.0 Å². The molecular weight excluding hydrogens is 286 g/mol. The number of piperidine rings is 1. The highest BCUT2D eigenvalue weighted by Gasteiger charge is 2.37. The van der Waals surface area contributed by atoms with Crippen molar-refractivity contribution in [3.63, 3.8) is 0 Å². The third-order valence-corrected chi connectivity index (χ3v) is 6.50. The van der Waals surface area contributed by atoms with Crippen molar-refractivity contribution in [2.75, 3.05) is 23.9 Å². The monoisotopic (exact) mass is 309 g/mol. The molecule has 1 saturated heterocycles. The number of rotatable bonds is 3. The lowest BCUT2D eigenvalue weighted by atomic mass is 10.0. The van der Waals surface area contributed by atoms with E-state index in [1.165, 1.54) is 0 Å². The van der Waals surface area contributed by atoms with Crippen LogP contribution in [0.2, 0.25) is 0 Å². The molecule has 1 aromatic carbocycles. The zero-order valence-electron chi connectivity index (χ0n) is 12.2. The maximum absolute atomic E-state index is 13.1. The van der Waals surface area contributed by atoms with E-state index in [0.29, 0.717) is 19.6 Å². The lowest BCUT2D eigenvalue weighted by molar-refractivity contribution is 0.256. The fourth-order valence-corrected chi connectivity index (χ4v) is 5.35. The quantitative estimate of drug-likeness (QED) is 0.920. The van der Waals surface area contributed by atoms with Crippen molar-refractivity contribution in [1.29, 1.82) is 0 Å². The molecule has 5 nitrogen and oxygen atoms in total. The van der Waals surface area contributed by atoms with Crippen LogP contribution in [-0.2, 0) is 16.6 Å². The van der Waals surface area contributed by atoms with Gasteiger partial charge in [0.2, 0.25) is 0 Å². The molecular formula is C15H23N3O2S. The van der Waals surface area contributed by atoms with Crippen LogP contribution in [0, 0.1) is 0 Å². The fraction of sp³-hybridized carbons (Fsp3) is 0.600. The number of hydrogen-bond donors (Lipinski definition) is 1. The Balaban J connectivity index is 1.95. The van der Waals surface area contributed by atoms with Crippen molar-refractivity contribution in [3.8, 4) is 0 Å². The summed E-state index contributed by atoms with van der Waals surface area (Å²) in [6, 6.07) is 7.75. The molecule has 1 fully saturated rings. The van der Waals surface area contributed by atoms with Gasteiger partial charge in [-0.15, -0.1) is 0 Å². The molecule has 2 heterocycles. The first-order chi connectivity index (χ1) is 10.1. The average Bonchev–Trinajstić information content (AvgIpc) is 2.54. The molecule has 0 aromatic heterocycles. The molecule has 1 atom stereocenters. The first-order valence-electron chi connectivity index (χ1n) is 7.72. The van der Waals surface area contributed by atoms with Gasteiger partial charge in [-0.25, -0.2) is 0 Å². The van der Waals surface area contributed by atoms with E-state index < -0.39 is 10.2 Å². The van der Waals surface area contributed by atoms with Gasteiger partial charge in [0, 0.05) is 25.7 Å². The molecule has 21 heavy (non-hydrogen) atoms. The summed E-state index contributed by atoms with van der Waals surface area (Å²) in [5.74, 6) is 0. The predicted octanol–water partition coefficient (Wildman–Crippen LogP) is 1.50. The van der Waals surface area contributed by atoms with Crippen LogP contribution in [0.5, 0.6) is 0 Å². The summed E-state index contributed by atoms with van der Waals surface area (Å²) in [6.45, 7) is 1.55. The van der Waals surface area contributed by atoms with Gasteiger partial charge < -0.3 is 5.73 Å². The number of benzene rings is 1. The molecule has 2 N–H and O–H groups in total. The Bertz CT molecular complexity index is 603. The number of para-hydroxylation sites is 1. The highest BCUT2D eigenvalue weighted by molar-refractivity contribution is 7.90. The summed E-state index contributed by atoms with van der Waals surface area (Å²) in [4.78, 5) is 0. The molecule has 116 valence electrons. The Hall–Kier alpha value is -1.11. The number of hydrogen-bond acceptors (Lipinski definition) is 3. The van der Waals surface area contributed by atoms with Crippen LogP contribution in [0.1, 0.15) is 31.2 Å². The maximum atomic E-state index is 13.1. The zero-order valence-corrected chi connectivity index (χ0v) is 13.1. The number of nitrogens with zero attached hydrogens (tertiary/aromatic N) is 2. The van der Waals surface area contributed by atoms with Crippen LogP contribution in [-0.4, -0.2) is 38.4 Å². The Morgan fingerprint density at radius 1 is 1.14 bits per heavy atom. The molecule has 1 unspecified atom stereocenters. The molecule has 0 bridgehead atoms.